The molecule has 2 heterocycles. The standard InChI is InChI=1S/C12H20BrN3O2S2/c1-14-9-10-8-11(12(13)19-10)20(17,18)16-5-3-4-15(2)6-7-16/h8,14H,3-7,9H2,1-2H3. The molecular weight excluding hydrogens is 362 g/mol. The molecule has 0 saturated carbocycles. The van der Waals surface area contributed by atoms with Crippen LogP contribution in [-0.2, 0) is 16.6 Å². The maximum Gasteiger partial charge on any atom is 0.245 e. The van der Waals surface area contributed by atoms with E-state index in [0.717, 1.165) is 24.4 Å². The van der Waals surface area contributed by atoms with Gasteiger partial charge < -0.3 is 10.2 Å². The van der Waals surface area contributed by atoms with Crippen molar-refractivity contribution in [3.63, 3.8) is 0 Å². The molecule has 0 atom stereocenters. The zero-order valence-electron chi connectivity index (χ0n) is 11.7. The molecule has 1 N–H and O–H groups in total. The Kier molecular flexibility index (Phi) is 5.61. The lowest BCUT2D eigenvalue weighted by Gasteiger charge is -2.19. The number of nitrogens with one attached hydrogen (secondary N) is 1. The minimum Gasteiger partial charge on any atom is -0.315 e. The maximum atomic E-state index is 12.7. The molecular formula is C12H20BrN3O2S2. The largest absolute Gasteiger partial charge is 0.315 e. The molecule has 0 spiro atoms. The molecule has 0 unspecified atom stereocenters. The molecule has 114 valence electrons. The van der Waals surface area contributed by atoms with E-state index in [0.29, 0.717) is 28.3 Å². The minimum absolute atomic E-state index is 0.400. The van der Waals surface area contributed by atoms with Gasteiger partial charge in [-0.25, -0.2) is 8.42 Å². The maximum absolute atomic E-state index is 12.7. The Hall–Kier alpha value is 0.01000. The van der Waals surface area contributed by atoms with Gasteiger partial charge in [-0.3, -0.25) is 0 Å². The van der Waals surface area contributed by atoms with E-state index in [1.165, 1.54) is 11.3 Å². The molecule has 20 heavy (non-hydrogen) atoms. The minimum atomic E-state index is -3.39. The molecule has 1 saturated heterocycles. The van der Waals surface area contributed by atoms with Crippen molar-refractivity contribution >= 4 is 37.3 Å². The Morgan fingerprint density at radius 2 is 2.10 bits per heavy atom. The van der Waals surface area contributed by atoms with Crippen molar-refractivity contribution in [2.75, 3.05) is 40.3 Å². The molecule has 1 aromatic rings. The molecule has 1 aliphatic heterocycles. The molecule has 1 aromatic heterocycles. The van der Waals surface area contributed by atoms with Gasteiger partial charge in [0.05, 0.1) is 3.79 Å². The molecule has 1 aliphatic rings. The van der Waals surface area contributed by atoms with Gasteiger partial charge in [-0.05, 0) is 49.1 Å². The Morgan fingerprint density at radius 3 is 2.80 bits per heavy atom. The number of likely N-dealkylation sites (N-methyl/N-ethyl adjacent to an activating group) is 1. The number of nitrogens with zero attached hydrogens (tertiary/aromatic N) is 2. The van der Waals surface area contributed by atoms with E-state index in [4.69, 9.17) is 0 Å². The number of rotatable bonds is 4. The molecule has 0 aliphatic carbocycles. The van der Waals surface area contributed by atoms with Crippen LogP contribution in [0, 0.1) is 0 Å². The SMILES string of the molecule is CNCc1cc(S(=O)(=O)N2CCCN(C)CC2)c(Br)s1. The van der Waals surface area contributed by atoms with E-state index in [-0.39, 0.29) is 0 Å². The lowest BCUT2D eigenvalue weighted by atomic mass is 10.4. The molecule has 0 amide bonds. The molecule has 0 radical (unpaired) electrons. The lowest BCUT2D eigenvalue weighted by Crippen LogP contribution is -2.34. The van der Waals surface area contributed by atoms with Gasteiger partial charge in [-0.1, -0.05) is 0 Å². The fraction of sp³-hybridized carbons (Fsp3) is 0.667. The van der Waals surface area contributed by atoms with Crippen molar-refractivity contribution in [1.29, 1.82) is 0 Å². The number of hydrogen-bond acceptors (Lipinski definition) is 5. The first-order chi connectivity index (χ1) is 9.45. The second-order valence-electron chi connectivity index (χ2n) is 4.94. The average molecular weight is 382 g/mol. The zero-order chi connectivity index (χ0) is 14.8. The summed E-state index contributed by atoms with van der Waals surface area (Å²) in [6, 6.07) is 1.77. The fourth-order valence-electron chi connectivity index (χ4n) is 2.24. The van der Waals surface area contributed by atoms with Crippen molar-refractivity contribution in [2.45, 2.75) is 17.9 Å². The Balaban J connectivity index is 2.25. The van der Waals surface area contributed by atoms with Crippen LogP contribution in [0.2, 0.25) is 0 Å². The van der Waals surface area contributed by atoms with E-state index < -0.39 is 10.0 Å². The topological polar surface area (TPSA) is 52.7 Å². The van der Waals surface area contributed by atoms with Gasteiger partial charge in [0.2, 0.25) is 10.0 Å². The monoisotopic (exact) mass is 381 g/mol. The summed E-state index contributed by atoms with van der Waals surface area (Å²) < 4.78 is 27.8. The highest BCUT2D eigenvalue weighted by Crippen LogP contribution is 2.33. The normalized spacial score (nSPS) is 19.1. The number of halogens is 1. The van der Waals surface area contributed by atoms with E-state index in [9.17, 15) is 8.42 Å². The van der Waals surface area contributed by atoms with Gasteiger partial charge >= 0.3 is 0 Å². The van der Waals surface area contributed by atoms with Crippen LogP contribution >= 0.6 is 27.3 Å². The molecule has 5 nitrogen and oxygen atoms in total. The summed E-state index contributed by atoms with van der Waals surface area (Å²) in [6.07, 6.45) is 0.876. The van der Waals surface area contributed by atoms with Gasteiger partial charge in [0.1, 0.15) is 4.90 Å². The Morgan fingerprint density at radius 1 is 1.35 bits per heavy atom. The van der Waals surface area contributed by atoms with Crippen LogP contribution < -0.4 is 5.32 Å². The van der Waals surface area contributed by atoms with Crippen molar-refractivity contribution in [3.05, 3.63) is 14.7 Å². The van der Waals surface area contributed by atoms with E-state index in [1.54, 1.807) is 10.4 Å². The third-order valence-electron chi connectivity index (χ3n) is 3.35. The first kappa shape index (κ1) is 16.4. The smallest absolute Gasteiger partial charge is 0.245 e. The highest BCUT2D eigenvalue weighted by molar-refractivity contribution is 9.11. The van der Waals surface area contributed by atoms with Crippen LogP contribution in [-0.4, -0.2) is 57.9 Å². The van der Waals surface area contributed by atoms with Gasteiger partial charge in [0, 0.05) is 31.1 Å². The van der Waals surface area contributed by atoms with Gasteiger partial charge in [-0.15, -0.1) is 11.3 Å². The van der Waals surface area contributed by atoms with Crippen LogP contribution in [0.1, 0.15) is 11.3 Å². The third kappa shape index (κ3) is 3.61. The molecule has 1 fully saturated rings. The summed E-state index contributed by atoms with van der Waals surface area (Å²) in [5.74, 6) is 0. The predicted octanol–water partition coefficient (Wildman–Crippen LogP) is 1.56. The third-order valence-corrected chi connectivity index (χ3v) is 7.50. The summed E-state index contributed by atoms with van der Waals surface area (Å²) in [5.41, 5.74) is 0. The first-order valence-corrected chi connectivity index (χ1v) is 9.61. The average Bonchev–Trinajstić information content (AvgIpc) is 2.61. The lowest BCUT2D eigenvalue weighted by molar-refractivity contribution is 0.347. The summed E-state index contributed by atoms with van der Waals surface area (Å²) in [6.45, 7) is 3.56. The van der Waals surface area contributed by atoms with E-state index in [1.807, 2.05) is 14.1 Å². The summed E-state index contributed by atoms with van der Waals surface area (Å²) in [7, 11) is 0.489. The highest BCUT2D eigenvalue weighted by atomic mass is 79.9. The first-order valence-electron chi connectivity index (χ1n) is 6.56. The second kappa shape index (κ2) is 6.85. The molecule has 0 bridgehead atoms. The molecule has 2 rings (SSSR count). The van der Waals surface area contributed by atoms with Crippen molar-refractivity contribution < 1.29 is 8.42 Å². The van der Waals surface area contributed by atoms with Gasteiger partial charge in [0.15, 0.2) is 0 Å². The molecule has 8 heteroatoms. The number of thiophene rings is 1. The van der Waals surface area contributed by atoms with E-state index in [2.05, 4.69) is 26.1 Å². The second-order valence-corrected chi connectivity index (χ2v) is 9.30. The highest BCUT2D eigenvalue weighted by Gasteiger charge is 2.29. The van der Waals surface area contributed by atoms with Crippen LogP contribution in [0.5, 0.6) is 0 Å². The predicted molar refractivity (Wildman–Crippen MR) is 85.7 cm³/mol. The molecule has 0 aromatic carbocycles. The fourth-order valence-corrected chi connectivity index (χ4v) is 6.35. The number of sulfonamides is 1. The quantitative estimate of drug-likeness (QED) is 0.859. The summed E-state index contributed by atoms with van der Waals surface area (Å²) >= 11 is 4.87. The van der Waals surface area contributed by atoms with Crippen LogP contribution in [0.25, 0.3) is 0 Å². The number of hydrogen-bond donors (Lipinski definition) is 1. The van der Waals surface area contributed by atoms with Crippen molar-refractivity contribution in [1.82, 2.24) is 14.5 Å². The Bertz CT molecular complexity index is 559. The van der Waals surface area contributed by atoms with E-state index >= 15 is 0 Å². The van der Waals surface area contributed by atoms with Crippen LogP contribution in [0.3, 0.4) is 0 Å². The van der Waals surface area contributed by atoms with Gasteiger partial charge in [-0.2, -0.15) is 4.31 Å². The van der Waals surface area contributed by atoms with Gasteiger partial charge in [0.25, 0.3) is 0 Å². The van der Waals surface area contributed by atoms with Crippen molar-refractivity contribution in [3.8, 4) is 0 Å². The summed E-state index contributed by atoms with van der Waals surface area (Å²) in [5, 5.41) is 3.05. The van der Waals surface area contributed by atoms with Crippen molar-refractivity contribution in [2.24, 2.45) is 0 Å². The summed E-state index contributed by atoms with van der Waals surface area (Å²) in [4.78, 5) is 3.59. The zero-order valence-corrected chi connectivity index (χ0v) is 14.9. The Labute approximate surface area is 133 Å². The van der Waals surface area contributed by atoms with Crippen LogP contribution in [0.15, 0.2) is 14.7 Å². The van der Waals surface area contributed by atoms with Crippen LogP contribution in [0.4, 0.5) is 0 Å².